The maximum atomic E-state index is 13.6. The minimum absolute atomic E-state index is 0.0148. The molecule has 1 heterocycles. The van der Waals surface area contributed by atoms with Crippen LogP contribution in [0.2, 0.25) is 0 Å². The summed E-state index contributed by atoms with van der Waals surface area (Å²) in [6.45, 7) is 9.91. The highest BCUT2D eigenvalue weighted by atomic mass is 32.1. The molecule has 5 rings (SSSR count). The number of ether oxygens (including phenoxy) is 1. The SMILES string of the molecule is CCOC(=O)c1c(NC(=O)C23CC4C[C@@](C)(C2)C[C@](C)(C4)C3)sc(C(C)=O)c1C. The van der Waals surface area contributed by atoms with Gasteiger partial charge in [-0.3, -0.25) is 9.59 Å². The second-order valence-electron chi connectivity index (χ2n) is 10.4. The van der Waals surface area contributed by atoms with E-state index in [2.05, 4.69) is 19.2 Å². The van der Waals surface area contributed by atoms with E-state index in [9.17, 15) is 14.4 Å². The first-order chi connectivity index (χ1) is 13.5. The summed E-state index contributed by atoms with van der Waals surface area (Å²) >= 11 is 1.20. The molecule has 158 valence electrons. The van der Waals surface area contributed by atoms with Crippen LogP contribution in [0.1, 0.15) is 91.8 Å². The Labute approximate surface area is 176 Å². The first-order valence-corrected chi connectivity index (χ1v) is 11.4. The van der Waals surface area contributed by atoms with Crippen LogP contribution in [0.4, 0.5) is 5.00 Å². The lowest BCUT2D eigenvalue weighted by molar-refractivity contribution is -0.165. The van der Waals surface area contributed by atoms with Crippen molar-refractivity contribution in [1.82, 2.24) is 0 Å². The molecule has 4 saturated carbocycles. The average molecular weight is 418 g/mol. The van der Waals surface area contributed by atoms with Gasteiger partial charge in [-0.15, -0.1) is 11.3 Å². The Hall–Kier alpha value is -1.69. The predicted octanol–water partition coefficient (Wildman–Crippen LogP) is 5.37. The normalized spacial score (nSPS) is 34.9. The van der Waals surface area contributed by atoms with E-state index in [0.717, 1.165) is 19.3 Å². The summed E-state index contributed by atoms with van der Waals surface area (Å²) in [4.78, 5) is 38.8. The highest BCUT2D eigenvalue weighted by Crippen LogP contribution is 2.69. The molecule has 4 bridgehead atoms. The Morgan fingerprint density at radius 3 is 2.24 bits per heavy atom. The van der Waals surface area contributed by atoms with Crippen LogP contribution in [0, 0.1) is 29.1 Å². The molecule has 6 heteroatoms. The van der Waals surface area contributed by atoms with Gasteiger partial charge in [-0.1, -0.05) is 13.8 Å². The summed E-state index contributed by atoms with van der Waals surface area (Å²) in [7, 11) is 0. The summed E-state index contributed by atoms with van der Waals surface area (Å²) < 4.78 is 5.21. The maximum absolute atomic E-state index is 13.6. The van der Waals surface area contributed by atoms with Crippen LogP contribution < -0.4 is 5.32 Å². The Morgan fingerprint density at radius 1 is 1.10 bits per heavy atom. The molecule has 0 aromatic carbocycles. The molecule has 1 amide bonds. The average Bonchev–Trinajstić information content (AvgIpc) is 2.88. The number of anilines is 1. The van der Waals surface area contributed by atoms with Crippen LogP contribution >= 0.6 is 11.3 Å². The molecule has 0 radical (unpaired) electrons. The molecule has 1 N–H and O–H groups in total. The largest absolute Gasteiger partial charge is 0.462 e. The number of Topliss-reactive ketones (excluding diaryl/α,β-unsaturated/α-hetero) is 1. The van der Waals surface area contributed by atoms with Crippen molar-refractivity contribution < 1.29 is 19.1 Å². The number of ketones is 1. The highest BCUT2D eigenvalue weighted by molar-refractivity contribution is 7.18. The molecular formula is C23H31NO4S. The van der Waals surface area contributed by atoms with E-state index in [4.69, 9.17) is 4.74 Å². The van der Waals surface area contributed by atoms with Crippen molar-refractivity contribution in [3.8, 4) is 0 Å². The molecule has 5 nitrogen and oxygen atoms in total. The van der Waals surface area contributed by atoms with Crippen molar-refractivity contribution in [3.63, 3.8) is 0 Å². The molecule has 29 heavy (non-hydrogen) atoms. The van der Waals surface area contributed by atoms with Gasteiger partial charge in [0, 0.05) is 0 Å². The topological polar surface area (TPSA) is 72.5 Å². The van der Waals surface area contributed by atoms with Gasteiger partial charge >= 0.3 is 5.97 Å². The van der Waals surface area contributed by atoms with E-state index >= 15 is 0 Å². The minimum Gasteiger partial charge on any atom is -0.462 e. The molecule has 2 unspecified atom stereocenters. The number of thiophene rings is 1. The smallest absolute Gasteiger partial charge is 0.341 e. The number of amides is 1. The third kappa shape index (κ3) is 3.33. The Kier molecular flexibility index (Phi) is 4.72. The van der Waals surface area contributed by atoms with Gasteiger partial charge in [0.2, 0.25) is 5.91 Å². The molecular weight excluding hydrogens is 386 g/mol. The first-order valence-electron chi connectivity index (χ1n) is 10.6. The summed E-state index contributed by atoms with van der Waals surface area (Å²) in [6, 6.07) is 0. The van der Waals surface area contributed by atoms with E-state index < -0.39 is 5.97 Å². The molecule has 4 aliphatic rings. The maximum Gasteiger partial charge on any atom is 0.341 e. The van der Waals surface area contributed by atoms with Crippen LogP contribution in [0.3, 0.4) is 0 Å². The summed E-state index contributed by atoms with van der Waals surface area (Å²) in [6.07, 6.45) is 6.40. The molecule has 0 aliphatic heterocycles. The number of nitrogens with one attached hydrogen (secondary N) is 1. The van der Waals surface area contributed by atoms with Crippen molar-refractivity contribution in [2.45, 2.75) is 73.1 Å². The van der Waals surface area contributed by atoms with Gasteiger partial charge < -0.3 is 10.1 Å². The van der Waals surface area contributed by atoms with Crippen LogP contribution in [0.15, 0.2) is 0 Å². The van der Waals surface area contributed by atoms with E-state index in [0.29, 0.717) is 26.9 Å². The van der Waals surface area contributed by atoms with Gasteiger partial charge in [0.15, 0.2) is 5.78 Å². The van der Waals surface area contributed by atoms with E-state index in [-0.39, 0.29) is 34.5 Å². The summed E-state index contributed by atoms with van der Waals surface area (Å²) in [5.74, 6) is 0.0391. The van der Waals surface area contributed by atoms with Gasteiger partial charge in [0.05, 0.1) is 22.5 Å². The molecule has 4 fully saturated rings. The van der Waals surface area contributed by atoms with Crippen molar-refractivity contribution in [3.05, 3.63) is 16.0 Å². The van der Waals surface area contributed by atoms with Gasteiger partial charge in [0.1, 0.15) is 5.00 Å². The van der Waals surface area contributed by atoms with Crippen molar-refractivity contribution in [1.29, 1.82) is 0 Å². The zero-order valence-corrected chi connectivity index (χ0v) is 18.9. The second kappa shape index (κ2) is 6.66. The van der Waals surface area contributed by atoms with Crippen molar-refractivity contribution in [2.75, 3.05) is 11.9 Å². The lowest BCUT2D eigenvalue weighted by Gasteiger charge is -2.64. The van der Waals surface area contributed by atoms with Crippen LogP contribution in [0.5, 0.6) is 0 Å². The Balaban J connectivity index is 1.68. The molecule has 1 aromatic rings. The number of carbonyl (C=O) groups is 3. The lowest BCUT2D eigenvalue weighted by Crippen LogP contribution is -2.58. The van der Waals surface area contributed by atoms with Crippen LogP contribution in [-0.2, 0) is 9.53 Å². The number of rotatable bonds is 5. The third-order valence-electron chi connectivity index (χ3n) is 7.28. The predicted molar refractivity (Wildman–Crippen MR) is 113 cm³/mol. The van der Waals surface area contributed by atoms with E-state index in [1.165, 1.54) is 37.5 Å². The first kappa shape index (κ1) is 20.6. The molecule has 0 spiro atoms. The van der Waals surface area contributed by atoms with Crippen LogP contribution in [0.25, 0.3) is 0 Å². The molecule has 0 saturated heterocycles. The van der Waals surface area contributed by atoms with Crippen molar-refractivity contribution in [2.24, 2.45) is 22.2 Å². The number of hydrogen-bond donors (Lipinski definition) is 1. The highest BCUT2D eigenvalue weighted by Gasteiger charge is 2.62. The Bertz CT molecular complexity index is 883. The molecule has 4 aliphatic carbocycles. The number of carbonyl (C=O) groups excluding carboxylic acids is 3. The fourth-order valence-corrected chi connectivity index (χ4v) is 8.41. The quantitative estimate of drug-likeness (QED) is 0.516. The number of hydrogen-bond acceptors (Lipinski definition) is 5. The third-order valence-corrected chi connectivity index (χ3v) is 8.59. The van der Waals surface area contributed by atoms with Gasteiger partial charge in [0.25, 0.3) is 0 Å². The zero-order chi connectivity index (χ0) is 21.2. The van der Waals surface area contributed by atoms with Gasteiger partial charge in [-0.25, -0.2) is 4.79 Å². The Morgan fingerprint density at radius 2 is 1.72 bits per heavy atom. The molecule has 1 aromatic heterocycles. The monoisotopic (exact) mass is 417 g/mol. The van der Waals surface area contributed by atoms with Crippen molar-refractivity contribution >= 4 is 34.0 Å². The summed E-state index contributed by atoms with van der Waals surface area (Å²) in [5.41, 5.74) is 1.01. The zero-order valence-electron chi connectivity index (χ0n) is 18.1. The number of esters is 1. The lowest BCUT2D eigenvalue weighted by atomic mass is 9.40. The standard InChI is InChI=1S/C23H31NO4S/c1-6-28-19(26)16-13(2)17(14(3)25)29-18(16)24-20(27)23-9-15-7-21(4,11-23)10-22(5,8-15)12-23/h15H,6-12H2,1-5H3,(H,24,27)/t15?,21-,22+,23?. The van der Waals surface area contributed by atoms with Gasteiger partial charge in [-0.05, 0) is 81.6 Å². The van der Waals surface area contributed by atoms with Gasteiger partial charge in [-0.2, -0.15) is 0 Å². The fraction of sp³-hybridized carbons (Fsp3) is 0.696. The van der Waals surface area contributed by atoms with E-state index in [1.54, 1.807) is 13.8 Å². The fourth-order valence-electron chi connectivity index (χ4n) is 7.32. The molecule has 4 atom stereocenters. The van der Waals surface area contributed by atoms with E-state index in [1.807, 2.05) is 0 Å². The second-order valence-corrected chi connectivity index (χ2v) is 11.4. The van der Waals surface area contributed by atoms with Crippen LogP contribution in [-0.4, -0.2) is 24.3 Å². The minimum atomic E-state index is -0.478. The summed E-state index contributed by atoms with van der Waals surface area (Å²) in [5, 5.41) is 3.54.